The molecule has 2 aliphatic rings. The van der Waals surface area contributed by atoms with Crippen LogP contribution < -0.4 is 14.2 Å². The Kier molecular flexibility index (Phi) is 5.49. The number of phenols is 1. The van der Waals surface area contributed by atoms with Crippen molar-refractivity contribution in [3.63, 3.8) is 0 Å². The fourth-order valence-electron chi connectivity index (χ4n) is 2.85. The summed E-state index contributed by atoms with van der Waals surface area (Å²) in [6.45, 7) is 0. The number of hydrogen-bond donors (Lipinski definition) is 2. The molecule has 0 aliphatic carbocycles. The van der Waals surface area contributed by atoms with Crippen LogP contribution in [0.15, 0.2) is 48.6 Å². The third-order valence-corrected chi connectivity index (χ3v) is 4.21. The van der Waals surface area contributed by atoms with Crippen molar-refractivity contribution in [2.75, 3.05) is 14.2 Å². The van der Waals surface area contributed by atoms with E-state index >= 15 is 0 Å². The molecule has 5 heteroatoms. The second-order valence-corrected chi connectivity index (χ2v) is 5.98. The molecule has 2 aromatic carbocycles. The predicted octanol–water partition coefficient (Wildman–Crippen LogP) is 4.08. The SMILES string of the molecule is COc1c2cc(c(OC)c1O)Oc1ccc(cc1)CC[C@@H](O)C=CC=C2. The molecule has 2 aromatic rings. The third kappa shape index (κ3) is 3.83. The number of ether oxygens (including phenoxy) is 3. The maximum atomic E-state index is 10.5. The van der Waals surface area contributed by atoms with Gasteiger partial charge in [0.05, 0.1) is 20.3 Å². The summed E-state index contributed by atoms with van der Waals surface area (Å²) in [4.78, 5) is 0. The van der Waals surface area contributed by atoms with Gasteiger partial charge in [-0.05, 0) is 36.6 Å². The Morgan fingerprint density at radius 2 is 1.77 bits per heavy atom. The number of aliphatic hydroxyl groups excluding tert-OH is 1. The van der Waals surface area contributed by atoms with E-state index in [9.17, 15) is 10.2 Å². The largest absolute Gasteiger partial charge is 0.502 e. The van der Waals surface area contributed by atoms with Gasteiger partial charge in [0.15, 0.2) is 11.5 Å². The first-order valence-electron chi connectivity index (χ1n) is 8.40. The molecule has 4 rings (SSSR count). The van der Waals surface area contributed by atoms with Gasteiger partial charge in [-0.2, -0.15) is 0 Å². The van der Waals surface area contributed by atoms with E-state index in [2.05, 4.69) is 0 Å². The van der Waals surface area contributed by atoms with Crippen LogP contribution in [0.5, 0.6) is 28.7 Å². The van der Waals surface area contributed by atoms with Gasteiger partial charge in [-0.3, -0.25) is 0 Å². The molecular weight excluding hydrogens is 332 g/mol. The Balaban J connectivity index is 2.12. The number of rotatable bonds is 2. The molecule has 4 bridgehead atoms. The highest BCUT2D eigenvalue weighted by molar-refractivity contribution is 5.71. The summed E-state index contributed by atoms with van der Waals surface area (Å²) in [5.41, 5.74) is 1.74. The molecule has 2 N–H and O–H groups in total. The number of aromatic hydroxyl groups is 1. The number of methoxy groups -OCH3 is 2. The smallest absolute Gasteiger partial charge is 0.207 e. The molecule has 0 unspecified atom stereocenters. The molecule has 0 spiro atoms. The Morgan fingerprint density at radius 3 is 2.46 bits per heavy atom. The zero-order valence-electron chi connectivity index (χ0n) is 14.8. The van der Waals surface area contributed by atoms with Gasteiger partial charge < -0.3 is 24.4 Å². The minimum Gasteiger partial charge on any atom is -0.502 e. The van der Waals surface area contributed by atoms with Gasteiger partial charge in [0.2, 0.25) is 11.5 Å². The van der Waals surface area contributed by atoms with Crippen molar-refractivity contribution in [1.29, 1.82) is 0 Å². The molecular formula is C21H22O5. The highest BCUT2D eigenvalue weighted by atomic mass is 16.5. The average Bonchev–Trinajstić information content (AvgIpc) is 2.65. The first-order chi connectivity index (χ1) is 12.6. The minimum absolute atomic E-state index is 0.128. The fraction of sp³-hybridized carbons (Fsp3) is 0.238. The number of fused-ring (bicyclic) bond motifs is 6. The summed E-state index contributed by atoms with van der Waals surface area (Å²) < 4.78 is 16.6. The number of aryl methyl sites for hydroxylation is 1. The minimum atomic E-state index is -0.526. The van der Waals surface area contributed by atoms with Crippen molar-refractivity contribution in [3.8, 4) is 28.7 Å². The Bertz CT molecular complexity index is 821. The summed E-state index contributed by atoms with van der Waals surface area (Å²) in [7, 11) is 2.94. The second-order valence-electron chi connectivity index (χ2n) is 5.98. The van der Waals surface area contributed by atoms with Crippen LogP contribution in [-0.4, -0.2) is 30.5 Å². The first-order valence-corrected chi connectivity index (χ1v) is 8.40. The molecule has 2 heterocycles. The van der Waals surface area contributed by atoms with Crippen LogP contribution in [0.25, 0.3) is 6.08 Å². The maximum absolute atomic E-state index is 10.5. The number of allylic oxidation sites excluding steroid dienone is 2. The van der Waals surface area contributed by atoms with Crippen LogP contribution in [0.3, 0.4) is 0 Å². The molecule has 26 heavy (non-hydrogen) atoms. The molecule has 1 atom stereocenters. The monoisotopic (exact) mass is 354 g/mol. The first kappa shape index (κ1) is 17.9. The normalized spacial score (nSPS) is 16.5. The summed E-state index contributed by atoms with van der Waals surface area (Å²) in [6.07, 6.45) is 7.93. The lowest BCUT2D eigenvalue weighted by atomic mass is 10.1. The van der Waals surface area contributed by atoms with E-state index in [0.29, 0.717) is 29.2 Å². The summed E-state index contributed by atoms with van der Waals surface area (Å²) in [5, 5.41) is 20.6. The van der Waals surface area contributed by atoms with Crippen molar-refractivity contribution < 1.29 is 24.4 Å². The zero-order valence-corrected chi connectivity index (χ0v) is 14.8. The van der Waals surface area contributed by atoms with Crippen LogP contribution in [-0.2, 0) is 6.42 Å². The Hall–Kier alpha value is -2.92. The van der Waals surface area contributed by atoms with Gasteiger partial charge in [-0.25, -0.2) is 0 Å². The van der Waals surface area contributed by atoms with Gasteiger partial charge >= 0.3 is 0 Å². The molecule has 0 fully saturated rings. The van der Waals surface area contributed by atoms with E-state index in [-0.39, 0.29) is 11.5 Å². The molecule has 2 aliphatic heterocycles. The lowest BCUT2D eigenvalue weighted by molar-refractivity contribution is 0.213. The van der Waals surface area contributed by atoms with Crippen molar-refractivity contribution >= 4 is 6.08 Å². The lowest BCUT2D eigenvalue weighted by Gasteiger charge is -2.16. The standard InChI is InChI=1S/C21H22O5/c1-24-20-15-5-3-4-6-16(22)10-7-14-8-11-17(12-9-14)26-18(13-15)21(25-2)19(20)23/h3-6,8-9,11-13,16,22-23H,7,10H2,1-2H3/t16-/m0/s1. The number of aliphatic hydroxyl groups is 1. The van der Waals surface area contributed by atoms with Crippen LogP contribution in [0.1, 0.15) is 17.5 Å². The second kappa shape index (κ2) is 7.97. The van der Waals surface area contributed by atoms with E-state index < -0.39 is 6.10 Å². The van der Waals surface area contributed by atoms with Crippen molar-refractivity contribution in [2.24, 2.45) is 0 Å². The fourth-order valence-corrected chi connectivity index (χ4v) is 2.85. The quantitative estimate of drug-likeness (QED) is 0.851. The van der Waals surface area contributed by atoms with E-state index in [1.165, 1.54) is 14.2 Å². The molecule has 5 nitrogen and oxygen atoms in total. The zero-order chi connectivity index (χ0) is 18.5. The van der Waals surface area contributed by atoms with Gasteiger partial charge in [0.25, 0.3) is 0 Å². The van der Waals surface area contributed by atoms with Crippen molar-refractivity contribution in [3.05, 3.63) is 59.7 Å². The highest BCUT2D eigenvalue weighted by Crippen LogP contribution is 2.47. The molecule has 0 saturated carbocycles. The van der Waals surface area contributed by atoms with Crippen molar-refractivity contribution in [2.45, 2.75) is 18.9 Å². The summed E-state index contributed by atoms with van der Waals surface area (Å²) >= 11 is 0. The summed E-state index contributed by atoms with van der Waals surface area (Å²) in [6, 6.07) is 9.37. The van der Waals surface area contributed by atoms with E-state index in [1.54, 1.807) is 30.4 Å². The average molecular weight is 354 g/mol. The molecule has 136 valence electrons. The maximum Gasteiger partial charge on any atom is 0.207 e. The lowest BCUT2D eigenvalue weighted by Crippen LogP contribution is -2.03. The van der Waals surface area contributed by atoms with E-state index in [0.717, 1.165) is 12.0 Å². The van der Waals surface area contributed by atoms with E-state index in [4.69, 9.17) is 14.2 Å². The molecule has 0 saturated heterocycles. The molecule has 0 radical (unpaired) electrons. The molecule has 0 aromatic heterocycles. The van der Waals surface area contributed by atoms with Gasteiger partial charge in [0, 0.05) is 5.56 Å². The van der Waals surface area contributed by atoms with Crippen LogP contribution in [0.4, 0.5) is 0 Å². The Morgan fingerprint density at radius 1 is 1.04 bits per heavy atom. The Labute approximate surface area is 152 Å². The van der Waals surface area contributed by atoms with Gasteiger partial charge in [-0.1, -0.05) is 36.4 Å². The van der Waals surface area contributed by atoms with Crippen LogP contribution >= 0.6 is 0 Å². The van der Waals surface area contributed by atoms with Gasteiger partial charge in [0.1, 0.15) is 5.75 Å². The number of benzene rings is 2. The predicted molar refractivity (Wildman–Crippen MR) is 100 cm³/mol. The van der Waals surface area contributed by atoms with Gasteiger partial charge in [-0.15, -0.1) is 0 Å². The topological polar surface area (TPSA) is 68.2 Å². The summed E-state index contributed by atoms with van der Waals surface area (Å²) in [5.74, 6) is 1.38. The van der Waals surface area contributed by atoms with Crippen LogP contribution in [0, 0.1) is 0 Å². The molecule has 0 amide bonds. The van der Waals surface area contributed by atoms with E-state index in [1.807, 2.05) is 24.3 Å². The number of hydrogen-bond acceptors (Lipinski definition) is 5. The number of phenolic OH excluding ortho intramolecular Hbond substituents is 1. The van der Waals surface area contributed by atoms with Crippen molar-refractivity contribution in [1.82, 2.24) is 0 Å². The van der Waals surface area contributed by atoms with Crippen LogP contribution in [0.2, 0.25) is 0 Å². The third-order valence-electron chi connectivity index (χ3n) is 4.21. The highest BCUT2D eigenvalue weighted by Gasteiger charge is 2.20.